The number of benzene rings is 1. The van der Waals surface area contributed by atoms with Crippen LogP contribution in [0.4, 0.5) is 4.79 Å². The van der Waals surface area contributed by atoms with Gasteiger partial charge in [0.15, 0.2) is 0 Å². The predicted molar refractivity (Wildman–Crippen MR) is 113 cm³/mol. The zero-order valence-corrected chi connectivity index (χ0v) is 18.3. The first-order chi connectivity index (χ1) is 13.1. The first-order valence-corrected chi connectivity index (χ1v) is 10.6. The lowest BCUT2D eigenvalue weighted by atomic mass is 9.80. The Morgan fingerprint density at radius 2 is 1.86 bits per heavy atom. The molecular formula is C23H38N2O3. The van der Waals surface area contributed by atoms with Crippen molar-refractivity contribution in [3.63, 3.8) is 0 Å². The van der Waals surface area contributed by atoms with E-state index in [1.165, 1.54) is 5.56 Å². The Morgan fingerprint density at radius 3 is 2.39 bits per heavy atom. The fraction of sp³-hybridized carbons (Fsp3) is 0.696. The Bertz CT molecular complexity index is 612. The van der Waals surface area contributed by atoms with Gasteiger partial charge in [0.25, 0.3) is 0 Å². The maximum atomic E-state index is 12.8. The summed E-state index contributed by atoms with van der Waals surface area (Å²) in [6.45, 7) is 12.0. The maximum absolute atomic E-state index is 12.8. The van der Waals surface area contributed by atoms with Gasteiger partial charge in [0.05, 0.1) is 0 Å². The van der Waals surface area contributed by atoms with Crippen LogP contribution < -0.4 is 5.32 Å². The average molecular weight is 391 g/mol. The Kier molecular flexibility index (Phi) is 7.90. The molecule has 1 aromatic carbocycles. The van der Waals surface area contributed by atoms with Gasteiger partial charge in [-0.2, -0.15) is 0 Å². The second kappa shape index (κ2) is 9.75. The Morgan fingerprint density at radius 1 is 1.21 bits per heavy atom. The molecule has 158 valence electrons. The van der Waals surface area contributed by atoms with Gasteiger partial charge in [-0.1, -0.05) is 30.3 Å². The molecule has 0 radical (unpaired) electrons. The third-order valence-corrected chi connectivity index (χ3v) is 5.51. The van der Waals surface area contributed by atoms with Gasteiger partial charge in [0, 0.05) is 30.8 Å². The van der Waals surface area contributed by atoms with E-state index in [9.17, 15) is 9.90 Å². The number of hydrogen-bond acceptors (Lipinski definition) is 4. The summed E-state index contributed by atoms with van der Waals surface area (Å²) in [6.07, 6.45) is 2.37. The molecule has 2 rings (SSSR count). The number of aliphatic hydroxyl groups excluding tert-OH is 1. The van der Waals surface area contributed by atoms with E-state index in [0.29, 0.717) is 0 Å². The van der Waals surface area contributed by atoms with Gasteiger partial charge in [-0.25, -0.2) is 4.79 Å². The molecule has 0 aromatic heterocycles. The molecule has 0 unspecified atom stereocenters. The zero-order chi connectivity index (χ0) is 20.9. The van der Waals surface area contributed by atoms with Gasteiger partial charge in [-0.15, -0.1) is 0 Å². The van der Waals surface area contributed by atoms with E-state index < -0.39 is 5.60 Å². The molecule has 1 fully saturated rings. The summed E-state index contributed by atoms with van der Waals surface area (Å²) >= 11 is 0. The molecule has 28 heavy (non-hydrogen) atoms. The van der Waals surface area contributed by atoms with Crippen LogP contribution in [0.2, 0.25) is 0 Å². The Labute approximate surface area is 170 Å². The summed E-state index contributed by atoms with van der Waals surface area (Å²) in [4.78, 5) is 14.6. The highest BCUT2D eigenvalue weighted by Gasteiger charge is 2.37. The maximum Gasteiger partial charge on any atom is 0.410 e. The third-order valence-electron chi connectivity index (χ3n) is 5.51. The molecule has 1 aromatic rings. The Hall–Kier alpha value is -1.59. The van der Waals surface area contributed by atoms with Crippen LogP contribution in [0.5, 0.6) is 0 Å². The largest absolute Gasteiger partial charge is 0.444 e. The molecule has 0 spiro atoms. The van der Waals surface area contributed by atoms with Crippen molar-refractivity contribution in [1.82, 2.24) is 10.2 Å². The van der Waals surface area contributed by atoms with Crippen molar-refractivity contribution < 1.29 is 14.6 Å². The molecule has 1 aliphatic rings. The van der Waals surface area contributed by atoms with E-state index in [-0.39, 0.29) is 42.8 Å². The molecule has 0 bridgehead atoms. The fourth-order valence-corrected chi connectivity index (χ4v) is 4.17. The highest BCUT2D eigenvalue weighted by Crippen LogP contribution is 2.31. The highest BCUT2D eigenvalue weighted by atomic mass is 16.6. The summed E-state index contributed by atoms with van der Waals surface area (Å²) in [5, 5.41) is 13.7. The lowest BCUT2D eigenvalue weighted by molar-refractivity contribution is -0.00487. The van der Waals surface area contributed by atoms with E-state index in [1.807, 2.05) is 45.6 Å². The summed E-state index contributed by atoms with van der Waals surface area (Å²) < 4.78 is 5.64. The smallest absolute Gasteiger partial charge is 0.410 e. The minimum absolute atomic E-state index is 0.0620. The molecule has 1 amide bonds. The van der Waals surface area contributed by atoms with Gasteiger partial charge >= 0.3 is 6.09 Å². The van der Waals surface area contributed by atoms with Crippen molar-refractivity contribution in [3.8, 4) is 0 Å². The standard InChI is InChI=1S/C23H38N2O3/c1-16(2)25(22(27)28-23(4,5)6)20-12-13-21(19(14-20)15-26)24-17(3)18-10-8-7-9-11-18/h7-11,16-17,19-21,24,26H,12-15H2,1-6H3/t17-,19-,20+,21-/m0/s1. The molecule has 5 heteroatoms. The topological polar surface area (TPSA) is 61.8 Å². The van der Waals surface area contributed by atoms with E-state index in [4.69, 9.17) is 4.74 Å². The second-order valence-electron chi connectivity index (χ2n) is 9.30. The molecule has 0 heterocycles. The summed E-state index contributed by atoms with van der Waals surface area (Å²) in [5.41, 5.74) is 0.740. The van der Waals surface area contributed by atoms with Crippen LogP contribution in [0.15, 0.2) is 30.3 Å². The first kappa shape index (κ1) is 22.7. The molecular weight excluding hydrogens is 352 g/mol. The number of hydrogen-bond donors (Lipinski definition) is 2. The summed E-state index contributed by atoms with van der Waals surface area (Å²) in [5.74, 6) is 0.119. The predicted octanol–water partition coefficient (Wildman–Crippen LogP) is 4.51. The van der Waals surface area contributed by atoms with Crippen molar-refractivity contribution >= 4 is 6.09 Å². The molecule has 2 N–H and O–H groups in total. The molecule has 0 aliphatic heterocycles. The molecule has 0 saturated heterocycles. The van der Waals surface area contributed by atoms with Crippen LogP contribution in [0.3, 0.4) is 0 Å². The van der Waals surface area contributed by atoms with Crippen LogP contribution in [0.25, 0.3) is 0 Å². The van der Waals surface area contributed by atoms with Gasteiger partial charge in [-0.05, 0) is 72.3 Å². The Balaban J connectivity index is 2.04. The molecule has 1 aliphatic carbocycles. The number of carbonyl (C=O) groups excluding carboxylic acids is 1. The second-order valence-corrected chi connectivity index (χ2v) is 9.30. The number of rotatable bonds is 6. The number of amides is 1. The number of aliphatic hydroxyl groups is 1. The SMILES string of the molecule is CC(C)N(C(=O)OC(C)(C)C)[C@@H]1CC[C@H](N[C@@H](C)c2ccccc2)[C@H](CO)C1. The molecule has 1 saturated carbocycles. The minimum atomic E-state index is -0.509. The van der Waals surface area contributed by atoms with Crippen molar-refractivity contribution in [2.75, 3.05) is 6.61 Å². The van der Waals surface area contributed by atoms with E-state index in [1.54, 1.807) is 0 Å². The van der Waals surface area contributed by atoms with Crippen molar-refractivity contribution in [2.45, 2.75) is 90.6 Å². The fourth-order valence-electron chi connectivity index (χ4n) is 4.17. The number of nitrogens with zero attached hydrogens (tertiary/aromatic N) is 1. The van der Waals surface area contributed by atoms with E-state index in [0.717, 1.165) is 19.3 Å². The van der Waals surface area contributed by atoms with Crippen LogP contribution in [0, 0.1) is 5.92 Å². The van der Waals surface area contributed by atoms with Crippen molar-refractivity contribution in [2.24, 2.45) is 5.92 Å². The van der Waals surface area contributed by atoms with E-state index >= 15 is 0 Å². The molecule has 5 nitrogen and oxygen atoms in total. The average Bonchev–Trinajstić information content (AvgIpc) is 2.61. The number of carbonyl (C=O) groups is 1. The van der Waals surface area contributed by atoms with Crippen LogP contribution >= 0.6 is 0 Å². The third kappa shape index (κ3) is 6.21. The lowest BCUT2D eigenvalue weighted by Crippen LogP contribution is -2.53. The quantitative estimate of drug-likeness (QED) is 0.750. The minimum Gasteiger partial charge on any atom is -0.444 e. The summed E-state index contributed by atoms with van der Waals surface area (Å²) in [6, 6.07) is 11.0. The van der Waals surface area contributed by atoms with E-state index in [2.05, 4.69) is 36.5 Å². The highest BCUT2D eigenvalue weighted by molar-refractivity contribution is 5.69. The first-order valence-electron chi connectivity index (χ1n) is 10.6. The zero-order valence-electron chi connectivity index (χ0n) is 18.3. The number of ether oxygens (including phenoxy) is 1. The van der Waals surface area contributed by atoms with Gasteiger partial charge in [-0.3, -0.25) is 0 Å². The van der Waals surface area contributed by atoms with Crippen molar-refractivity contribution in [1.29, 1.82) is 0 Å². The van der Waals surface area contributed by atoms with Gasteiger partial charge in [0.2, 0.25) is 0 Å². The normalized spacial score (nSPS) is 24.1. The van der Waals surface area contributed by atoms with Crippen LogP contribution in [0.1, 0.15) is 72.4 Å². The summed E-state index contributed by atoms with van der Waals surface area (Å²) in [7, 11) is 0. The lowest BCUT2D eigenvalue weighted by Gasteiger charge is -2.43. The van der Waals surface area contributed by atoms with Crippen molar-refractivity contribution in [3.05, 3.63) is 35.9 Å². The van der Waals surface area contributed by atoms with Crippen LogP contribution in [-0.4, -0.2) is 46.4 Å². The molecule has 4 atom stereocenters. The van der Waals surface area contributed by atoms with Gasteiger partial charge < -0.3 is 20.1 Å². The monoisotopic (exact) mass is 390 g/mol. The van der Waals surface area contributed by atoms with Crippen LogP contribution in [-0.2, 0) is 4.74 Å². The number of nitrogens with one attached hydrogen (secondary N) is 1. The van der Waals surface area contributed by atoms with Gasteiger partial charge in [0.1, 0.15) is 5.60 Å².